The number of benzene rings is 1. The van der Waals surface area contributed by atoms with E-state index in [1.807, 2.05) is 0 Å². The van der Waals surface area contributed by atoms with Gasteiger partial charge in [-0.05, 0) is 31.5 Å². The van der Waals surface area contributed by atoms with E-state index in [-0.39, 0.29) is 12.2 Å². The van der Waals surface area contributed by atoms with Crippen LogP contribution in [-0.4, -0.2) is 44.2 Å². The summed E-state index contributed by atoms with van der Waals surface area (Å²) in [5.74, 6) is -0.0848. The number of carbonyl (C=O) groups is 1. The molecule has 1 N–H and O–H groups in total. The molecule has 0 saturated carbocycles. The smallest absolute Gasteiger partial charge is 0.381 e. The third-order valence-electron chi connectivity index (χ3n) is 3.51. The Morgan fingerprint density at radius 2 is 2.14 bits per heavy atom. The Bertz CT molecular complexity index is 514. The molecule has 1 unspecified atom stereocenters. The normalized spacial score (nSPS) is 18.7. The first-order chi connectivity index (χ1) is 10.4. The first-order valence-corrected chi connectivity index (χ1v) is 7.08. The van der Waals surface area contributed by atoms with E-state index in [4.69, 9.17) is 4.74 Å². The monoisotopic (exact) mass is 316 g/mol. The highest BCUT2D eigenvalue weighted by molar-refractivity contribution is 5.93. The maximum absolute atomic E-state index is 12.9. The lowest BCUT2D eigenvalue weighted by Gasteiger charge is -2.20. The molecule has 1 aromatic carbocycles. The van der Waals surface area contributed by atoms with Crippen LogP contribution in [0.2, 0.25) is 0 Å². The molecule has 1 aliphatic rings. The maximum Gasteiger partial charge on any atom is 0.418 e. The van der Waals surface area contributed by atoms with Crippen molar-refractivity contribution >= 4 is 11.6 Å². The van der Waals surface area contributed by atoms with Crippen molar-refractivity contribution in [3.05, 3.63) is 29.8 Å². The van der Waals surface area contributed by atoms with Gasteiger partial charge in [0.05, 0.1) is 24.4 Å². The number of hydrogen-bond acceptors (Lipinski definition) is 3. The van der Waals surface area contributed by atoms with E-state index in [9.17, 15) is 18.0 Å². The number of carbonyl (C=O) groups excluding carboxylic acids is 1. The van der Waals surface area contributed by atoms with Crippen LogP contribution >= 0.6 is 0 Å². The summed E-state index contributed by atoms with van der Waals surface area (Å²) in [7, 11) is 1.77. The van der Waals surface area contributed by atoms with Crippen molar-refractivity contribution in [1.82, 2.24) is 4.90 Å². The largest absolute Gasteiger partial charge is 0.418 e. The molecule has 7 heteroatoms. The summed E-state index contributed by atoms with van der Waals surface area (Å²) in [5, 5.41) is 2.34. The van der Waals surface area contributed by atoms with Gasteiger partial charge in [0, 0.05) is 13.2 Å². The number of nitrogens with one attached hydrogen (secondary N) is 1. The highest BCUT2D eigenvalue weighted by atomic mass is 19.4. The highest BCUT2D eigenvalue weighted by Gasteiger charge is 2.33. The molecular weight excluding hydrogens is 297 g/mol. The molecule has 1 saturated heterocycles. The van der Waals surface area contributed by atoms with Gasteiger partial charge in [0.15, 0.2) is 0 Å². The summed E-state index contributed by atoms with van der Waals surface area (Å²) < 4.78 is 43.8. The molecule has 122 valence electrons. The summed E-state index contributed by atoms with van der Waals surface area (Å²) in [6.45, 7) is 2.13. The number of ether oxygens (including phenoxy) is 1. The number of rotatable bonds is 5. The van der Waals surface area contributed by atoms with Crippen molar-refractivity contribution in [2.45, 2.75) is 12.6 Å². The number of para-hydroxylation sites is 1. The molecule has 0 radical (unpaired) electrons. The molecule has 1 aromatic rings. The van der Waals surface area contributed by atoms with E-state index >= 15 is 0 Å². The zero-order valence-electron chi connectivity index (χ0n) is 12.3. The van der Waals surface area contributed by atoms with Gasteiger partial charge in [0.2, 0.25) is 5.91 Å². The van der Waals surface area contributed by atoms with Gasteiger partial charge in [-0.25, -0.2) is 0 Å². The lowest BCUT2D eigenvalue weighted by molar-refractivity contribution is -0.137. The zero-order valence-corrected chi connectivity index (χ0v) is 12.3. The SMILES string of the molecule is CN(CC(=O)Nc1ccccc1C(F)(F)F)CC1CCOC1. The summed E-state index contributed by atoms with van der Waals surface area (Å²) in [6, 6.07) is 4.97. The first-order valence-electron chi connectivity index (χ1n) is 7.08. The number of nitrogens with zero attached hydrogens (tertiary/aromatic N) is 1. The summed E-state index contributed by atoms with van der Waals surface area (Å²) in [4.78, 5) is 13.7. The fourth-order valence-electron chi connectivity index (χ4n) is 2.51. The Balaban J connectivity index is 1.91. The molecule has 2 rings (SSSR count). The predicted molar refractivity (Wildman–Crippen MR) is 76.5 cm³/mol. The second-order valence-electron chi connectivity index (χ2n) is 5.52. The number of halogens is 3. The maximum atomic E-state index is 12.9. The fourth-order valence-corrected chi connectivity index (χ4v) is 2.51. The molecule has 1 fully saturated rings. The van der Waals surface area contributed by atoms with Gasteiger partial charge in [0.1, 0.15) is 0 Å². The van der Waals surface area contributed by atoms with E-state index in [1.54, 1.807) is 11.9 Å². The molecule has 1 aliphatic heterocycles. The Morgan fingerprint density at radius 3 is 2.77 bits per heavy atom. The van der Waals surface area contributed by atoms with Crippen molar-refractivity contribution in [2.75, 3.05) is 38.7 Å². The number of alkyl halides is 3. The second-order valence-corrected chi connectivity index (χ2v) is 5.52. The van der Waals surface area contributed by atoms with E-state index in [2.05, 4.69) is 5.32 Å². The van der Waals surface area contributed by atoms with Gasteiger partial charge in [0.25, 0.3) is 0 Å². The lowest BCUT2D eigenvalue weighted by Crippen LogP contribution is -2.34. The van der Waals surface area contributed by atoms with Crippen LogP contribution in [0.3, 0.4) is 0 Å². The average molecular weight is 316 g/mol. The molecule has 22 heavy (non-hydrogen) atoms. The van der Waals surface area contributed by atoms with Crippen molar-refractivity contribution < 1.29 is 22.7 Å². The van der Waals surface area contributed by atoms with E-state index in [1.165, 1.54) is 18.2 Å². The molecule has 4 nitrogen and oxygen atoms in total. The van der Waals surface area contributed by atoms with Crippen LogP contribution in [0.1, 0.15) is 12.0 Å². The van der Waals surface area contributed by atoms with Crippen molar-refractivity contribution in [1.29, 1.82) is 0 Å². The Labute approximate surface area is 127 Å². The summed E-state index contributed by atoms with van der Waals surface area (Å²) >= 11 is 0. The number of amides is 1. The van der Waals surface area contributed by atoms with Gasteiger partial charge in [-0.15, -0.1) is 0 Å². The first kappa shape index (κ1) is 16.8. The minimum Gasteiger partial charge on any atom is -0.381 e. The van der Waals surface area contributed by atoms with E-state index < -0.39 is 17.6 Å². The molecule has 0 bridgehead atoms. The van der Waals surface area contributed by atoms with Crippen molar-refractivity contribution in [3.8, 4) is 0 Å². The van der Waals surface area contributed by atoms with Crippen LogP contribution in [-0.2, 0) is 15.7 Å². The minimum atomic E-state index is -4.49. The van der Waals surface area contributed by atoms with Crippen LogP contribution in [0.4, 0.5) is 18.9 Å². The van der Waals surface area contributed by atoms with Crippen LogP contribution in [0.5, 0.6) is 0 Å². The van der Waals surface area contributed by atoms with Crippen LogP contribution in [0.15, 0.2) is 24.3 Å². The zero-order chi connectivity index (χ0) is 16.2. The van der Waals surface area contributed by atoms with Crippen molar-refractivity contribution in [3.63, 3.8) is 0 Å². The van der Waals surface area contributed by atoms with Crippen LogP contribution < -0.4 is 5.32 Å². The third kappa shape index (κ3) is 4.71. The molecule has 1 amide bonds. The molecule has 1 heterocycles. The lowest BCUT2D eigenvalue weighted by atomic mass is 10.1. The molecule has 0 spiro atoms. The fraction of sp³-hybridized carbons (Fsp3) is 0.533. The third-order valence-corrected chi connectivity index (χ3v) is 3.51. The topological polar surface area (TPSA) is 41.6 Å². The van der Waals surface area contributed by atoms with Gasteiger partial charge in [-0.1, -0.05) is 12.1 Å². The van der Waals surface area contributed by atoms with E-state index in [0.717, 1.165) is 19.1 Å². The summed E-state index contributed by atoms with van der Waals surface area (Å²) in [6.07, 6.45) is -3.54. The summed E-state index contributed by atoms with van der Waals surface area (Å²) in [5.41, 5.74) is -1.05. The van der Waals surface area contributed by atoms with Gasteiger partial charge < -0.3 is 10.1 Å². The quantitative estimate of drug-likeness (QED) is 0.908. The van der Waals surface area contributed by atoms with E-state index in [0.29, 0.717) is 19.1 Å². The van der Waals surface area contributed by atoms with Crippen LogP contribution in [0.25, 0.3) is 0 Å². The Morgan fingerprint density at radius 1 is 1.41 bits per heavy atom. The molecule has 0 aromatic heterocycles. The number of hydrogen-bond donors (Lipinski definition) is 1. The number of likely N-dealkylation sites (N-methyl/N-ethyl adjacent to an activating group) is 1. The highest BCUT2D eigenvalue weighted by Crippen LogP contribution is 2.34. The minimum absolute atomic E-state index is 0.0443. The molecule has 1 atom stereocenters. The second kappa shape index (κ2) is 7.11. The Kier molecular flexibility index (Phi) is 5.42. The molecule has 0 aliphatic carbocycles. The number of anilines is 1. The predicted octanol–water partition coefficient (Wildman–Crippen LogP) is 2.61. The van der Waals surface area contributed by atoms with Crippen molar-refractivity contribution in [2.24, 2.45) is 5.92 Å². The van der Waals surface area contributed by atoms with Gasteiger partial charge in [-0.3, -0.25) is 9.69 Å². The van der Waals surface area contributed by atoms with Crippen LogP contribution in [0, 0.1) is 5.92 Å². The average Bonchev–Trinajstić information content (AvgIpc) is 2.90. The van der Waals surface area contributed by atoms with Gasteiger partial charge in [-0.2, -0.15) is 13.2 Å². The standard InChI is InChI=1S/C15H19F3N2O2/c1-20(8-11-6-7-22-10-11)9-14(21)19-13-5-3-2-4-12(13)15(16,17)18/h2-5,11H,6-10H2,1H3,(H,19,21). The Hall–Kier alpha value is -1.60. The van der Waals surface area contributed by atoms with Gasteiger partial charge >= 0.3 is 6.18 Å². The molecular formula is C15H19F3N2O2.